The highest BCUT2D eigenvalue weighted by atomic mass is 16.5. The molecule has 1 unspecified atom stereocenters. The summed E-state index contributed by atoms with van der Waals surface area (Å²) in [5.74, 6) is 0.193. The van der Waals surface area contributed by atoms with Gasteiger partial charge in [-0.15, -0.1) is 0 Å². The van der Waals surface area contributed by atoms with Gasteiger partial charge in [0.05, 0.1) is 18.7 Å². The van der Waals surface area contributed by atoms with E-state index in [4.69, 9.17) is 14.7 Å². The maximum Gasteiger partial charge on any atom is 0.274 e. The second-order valence-corrected chi connectivity index (χ2v) is 6.96. The topological polar surface area (TPSA) is 88.1 Å². The zero-order chi connectivity index (χ0) is 18.7. The first-order valence-corrected chi connectivity index (χ1v) is 9.09. The molecule has 1 aliphatic heterocycles. The Morgan fingerprint density at radius 2 is 2.00 bits per heavy atom. The van der Waals surface area contributed by atoms with Crippen LogP contribution in [-0.4, -0.2) is 48.3 Å². The van der Waals surface area contributed by atoms with Gasteiger partial charge in [-0.1, -0.05) is 6.07 Å². The SMILES string of the molecule is COC1CCC(C(=O)N2CCOc3cc(C(=O)NO)ccc3C2C)CC1. The predicted octanol–water partition coefficient (Wildman–Crippen LogP) is 2.29. The molecule has 0 radical (unpaired) electrons. The molecule has 1 aromatic rings. The molecule has 1 fully saturated rings. The standard InChI is InChI=1S/C19H26N2O5/c1-12-16-8-5-14(18(22)20-24)11-17(16)26-10-9-21(12)19(23)13-3-6-15(25-2)7-4-13/h5,8,11-13,15,24H,3-4,6-7,9-10H2,1-2H3,(H,20,22). The van der Waals surface area contributed by atoms with Crippen molar-refractivity contribution in [2.75, 3.05) is 20.3 Å². The Labute approximate surface area is 153 Å². The number of carbonyl (C=O) groups excluding carboxylic acids is 2. The van der Waals surface area contributed by atoms with Crippen LogP contribution in [0, 0.1) is 5.92 Å². The minimum absolute atomic E-state index is 0.0323. The number of nitrogens with one attached hydrogen (secondary N) is 1. The van der Waals surface area contributed by atoms with E-state index in [2.05, 4.69) is 0 Å². The zero-order valence-electron chi connectivity index (χ0n) is 15.2. The average Bonchev–Trinajstić information content (AvgIpc) is 2.85. The molecule has 142 valence electrons. The van der Waals surface area contributed by atoms with Gasteiger partial charge in [-0.25, -0.2) is 5.48 Å². The van der Waals surface area contributed by atoms with Crippen molar-refractivity contribution in [1.82, 2.24) is 10.4 Å². The van der Waals surface area contributed by atoms with Gasteiger partial charge in [-0.2, -0.15) is 0 Å². The minimum Gasteiger partial charge on any atom is -0.491 e. The number of carbonyl (C=O) groups is 2. The Kier molecular flexibility index (Phi) is 5.78. The molecule has 3 rings (SSSR count). The van der Waals surface area contributed by atoms with E-state index in [0.717, 1.165) is 31.2 Å². The van der Waals surface area contributed by atoms with Crippen molar-refractivity contribution < 1.29 is 24.3 Å². The fourth-order valence-corrected chi connectivity index (χ4v) is 3.91. The number of ether oxygens (including phenoxy) is 2. The number of nitrogens with zero attached hydrogens (tertiary/aromatic N) is 1. The molecule has 1 atom stereocenters. The van der Waals surface area contributed by atoms with Crippen molar-refractivity contribution in [3.63, 3.8) is 0 Å². The van der Waals surface area contributed by atoms with E-state index in [0.29, 0.717) is 24.5 Å². The maximum absolute atomic E-state index is 13.1. The molecule has 2 aliphatic rings. The van der Waals surface area contributed by atoms with Gasteiger partial charge >= 0.3 is 0 Å². The van der Waals surface area contributed by atoms with Gasteiger partial charge in [-0.05, 0) is 44.7 Å². The van der Waals surface area contributed by atoms with Crippen molar-refractivity contribution in [2.24, 2.45) is 5.92 Å². The van der Waals surface area contributed by atoms with Crippen LogP contribution in [0.1, 0.15) is 54.6 Å². The molecule has 1 heterocycles. The average molecular weight is 362 g/mol. The van der Waals surface area contributed by atoms with Crippen LogP contribution in [0.3, 0.4) is 0 Å². The van der Waals surface area contributed by atoms with Crippen LogP contribution < -0.4 is 10.2 Å². The fourth-order valence-electron chi connectivity index (χ4n) is 3.91. The molecule has 0 bridgehead atoms. The number of methoxy groups -OCH3 is 1. The number of benzene rings is 1. The van der Waals surface area contributed by atoms with Crippen LogP contribution in [0.4, 0.5) is 0 Å². The lowest BCUT2D eigenvalue weighted by Crippen LogP contribution is -2.41. The first-order valence-electron chi connectivity index (χ1n) is 9.09. The molecular weight excluding hydrogens is 336 g/mol. The Morgan fingerprint density at radius 3 is 2.65 bits per heavy atom. The van der Waals surface area contributed by atoms with Crippen LogP contribution in [0.2, 0.25) is 0 Å². The summed E-state index contributed by atoms with van der Waals surface area (Å²) >= 11 is 0. The van der Waals surface area contributed by atoms with E-state index in [1.807, 2.05) is 11.8 Å². The van der Waals surface area contributed by atoms with Gasteiger partial charge in [0.2, 0.25) is 5.91 Å². The molecule has 1 aromatic carbocycles. The molecule has 26 heavy (non-hydrogen) atoms. The largest absolute Gasteiger partial charge is 0.491 e. The Bertz CT molecular complexity index is 670. The molecule has 0 saturated heterocycles. The molecule has 0 spiro atoms. The van der Waals surface area contributed by atoms with Gasteiger partial charge in [0, 0.05) is 24.2 Å². The number of amides is 2. The normalized spacial score (nSPS) is 25.7. The van der Waals surface area contributed by atoms with Gasteiger partial charge in [-0.3, -0.25) is 14.8 Å². The molecular formula is C19H26N2O5. The molecule has 1 aliphatic carbocycles. The van der Waals surface area contributed by atoms with Crippen LogP contribution in [0.5, 0.6) is 5.75 Å². The van der Waals surface area contributed by atoms with Crippen LogP contribution >= 0.6 is 0 Å². The molecule has 0 aromatic heterocycles. The molecule has 7 heteroatoms. The summed E-state index contributed by atoms with van der Waals surface area (Å²) in [6.45, 7) is 2.87. The summed E-state index contributed by atoms with van der Waals surface area (Å²) < 4.78 is 11.2. The summed E-state index contributed by atoms with van der Waals surface area (Å²) in [6, 6.07) is 4.89. The lowest BCUT2D eigenvalue weighted by Gasteiger charge is -2.34. The Morgan fingerprint density at radius 1 is 1.27 bits per heavy atom. The van der Waals surface area contributed by atoms with Gasteiger partial charge in [0.15, 0.2) is 0 Å². The number of hydroxylamine groups is 1. The zero-order valence-corrected chi connectivity index (χ0v) is 15.2. The number of hydrogen-bond acceptors (Lipinski definition) is 5. The second kappa shape index (κ2) is 8.05. The van der Waals surface area contributed by atoms with E-state index in [1.54, 1.807) is 30.8 Å². The van der Waals surface area contributed by atoms with Crippen molar-refractivity contribution >= 4 is 11.8 Å². The quantitative estimate of drug-likeness (QED) is 0.636. The molecule has 2 N–H and O–H groups in total. The Balaban J connectivity index is 1.76. The lowest BCUT2D eigenvalue weighted by molar-refractivity contribution is -0.139. The van der Waals surface area contributed by atoms with Crippen molar-refractivity contribution in [2.45, 2.75) is 44.8 Å². The minimum atomic E-state index is -0.587. The predicted molar refractivity (Wildman–Crippen MR) is 94.1 cm³/mol. The second-order valence-electron chi connectivity index (χ2n) is 6.96. The third kappa shape index (κ3) is 3.68. The van der Waals surface area contributed by atoms with E-state index in [9.17, 15) is 9.59 Å². The number of fused-ring (bicyclic) bond motifs is 1. The van der Waals surface area contributed by atoms with Crippen molar-refractivity contribution in [3.05, 3.63) is 29.3 Å². The Hall–Kier alpha value is -2.12. The van der Waals surface area contributed by atoms with E-state index in [-0.39, 0.29) is 24.0 Å². The summed E-state index contributed by atoms with van der Waals surface area (Å²) in [5, 5.41) is 8.79. The van der Waals surface area contributed by atoms with Gasteiger partial charge in [0.25, 0.3) is 5.91 Å². The first kappa shape index (κ1) is 18.7. The van der Waals surface area contributed by atoms with E-state index in [1.165, 1.54) is 0 Å². The van der Waals surface area contributed by atoms with Crippen LogP contribution in [0.25, 0.3) is 0 Å². The fraction of sp³-hybridized carbons (Fsp3) is 0.579. The molecule has 1 saturated carbocycles. The van der Waals surface area contributed by atoms with E-state index >= 15 is 0 Å². The highest BCUT2D eigenvalue weighted by molar-refractivity contribution is 5.94. The van der Waals surface area contributed by atoms with Crippen LogP contribution in [0.15, 0.2) is 18.2 Å². The lowest BCUT2D eigenvalue weighted by atomic mass is 9.86. The van der Waals surface area contributed by atoms with E-state index < -0.39 is 5.91 Å². The third-order valence-corrected chi connectivity index (χ3v) is 5.52. The van der Waals surface area contributed by atoms with Crippen molar-refractivity contribution in [1.29, 1.82) is 0 Å². The van der Waals surface area contributed by atoms with Gasteiger partial charge < -0.3 is 14.4 Å². The number of rotatable bonds is 3. The summed E-state index contributed by atoms with van der Waals surface area (Å²) in [7, 11) is 1.73. The summed E-state index contributed by atoms with van der Waals surface area (Å²) in [5.41, 5.74) is 2.81. The smallest absolute Gasteiger partial charge is 0.274 e. The molecule has 2 amide bonds. The number of hydrogen-bond donors (Lipinski definition) is 2. The first-order chi connectivity index (χ1) is 12.5. The molecule has 7 nitrogen and oxygen atoms in total. The van der Waals surface area contributed by atoms with Crippen LogP contribution in [-0.2, 0) is 9.53 Å². The maximum atomic E-state index is 13.1. The monoisotopic (exact) mass is 362 g/mol. The summed E-state index contributed by atoms with van der Waals surface area (Å²) in [6.07, 6.45) is 3.80. The highest BCUT2D eigenvalue weighted by Crippen LogP contribution is 2.35. The van der Waals surface area contributed by atoms with Crippen molar-refractivity contribution in [3.8, 4) is 5.75 Å². The summed E-state index contributed by atoms with van der Waals surface area (Å²) in [4.78, 5) is 26.6. The highest BCUT2D eigenvalue weighted by Gasteiger charge is 2.34. The third-order valence-electron chi connectivity index (χ3n) is 5.52. The van der Waals surface area contributed by atoms with Gasteiger partial charge in [0.1, 0.15) is 12.4 Å².